The number of amides is 1. The molecule has 0 radical (unpaired) electrons. The quantitative estimate of drug-likeness (QED) is 0.379. The summed E-state index contributed by atoms with van der Waals surface area (Å²) in [6, 6.07) is 3.18. The number of hydrogen-bond acceptors (Lipinski definition) is 6. The van der Waals surface area contributed by atoms with Crippen molar-refractivity contribution in [3.63, 3.8) is 0 Å². The first-order valence-electron chi connectivity index (χ1n) is 12.6. The third-order valence-electron chi connectivity index (χ3n) is 8.39. The normalized spacial score (nSPS) is 16.3. The molecule has 2 aromatic rings. The third-order valence-corrected chi connectivity index (χ3v) is 12.9. The number of fused-ring (bicyclic) bond motifs is 2. The number of benzene rings is 1. The number of methoxy groups -OCH3 is 1. The van der Waals surface area contributed by atoms with E-state index in [4.69, 9.17) is 14.9 Å². The lowest BCUT2D eigenvalue weighted by molar-refractivity contribution is 0.0766. The number of pyridine rings is 1. The Morgan fingerprint density at radius 1 is 1.28 bits per heavy atom. The summed E-state index contributed by atoms with van der Waals surface area (Å²) >= 11 is 0. The molecule has 1 amide bonds. The fourth-order valence-electron chi connectivity index (χ4n) is 4.86. The molecule has 1 aliphatic heterocycles. The minimum Gasteiger partial charge on any atom is -0.496 e. The highest BCUT2D eigenvalue weighted by molar-refractivity contribution is 6.74. The number of nitrogens with one attached hydrogen (secondary N) is 1. The number of carbonyl (C=O) groups is 1. The number of halogens is 1. The van der Waals surface area contributed by atoms with Crippen LogP contribution in [-0.2, 0) is 9.84 Å². The number of likely N-dealkylation sites (N-methyl/N-ethyl adjacent to an activating group) is 1. The van der Waals surface area contributed by atoms with Crippen molar-refractivity contribution in [3.8, 4) is 16.9 Å². The molecule has 1 saturated carbocycles. The van der Waals surface area contributed by atoms with E-state index in [0.29, 0.717) is 24.5 Å². The van der Waals surface area contributed by atoms with E-state index < -0.39 is 20.0 Å². The van der Waals surface area contributed by atoms with Crippen LogP contribution in [-0.4, -0.2) is 58.0 Å². The van der Waals surface area contributed by atoms with Crippen molar-refractivity contribution in [2.45, 2.75) is 63.6 Å². The van der Waals surface area contributed by atoms with Crippen LogP contribution in [0.25, 0.3) is 11.1 Å². The highest BCUT2D eigenvalue weighted by Gasteiger charge is 2.47. The van der Waals surface area contributed by atoms with Gasteiger partial charge in [0.25, 0.3) is 5.91 Å². The Hall–Kier alpha value is -2.65. The maximum Gasteiger partial charge on any atom is 0.258 e. The van der Waals surface area contributed by atoms with Gasteiger partial charge in [0.05, 0.1) is 19.3 Å². The standard InChI is InChI=1S/C27H39FN4O3Si/c1-26(2,3)36(6,7)35-14-13-32(4)25(33)20-19(29)10-9-17(22(20)28)18-15-30-24-21(23(18)34-5)27(16-31-24)11-8-12-27/h9-10,15H,8,11-14,16,29H2,1-7H3,(H,30,31). The zero-order chi connectivity index (χ0) is 26.5. The predicted octanol–water partition coefficient (Wildman–Crippen LogP) is 5.42. The molecule has 2 heterocycles. The van der Waals surface area contributed by atoms with E-state index in [-0.39, 0.29) is 27.3 Å². The number of nitrogen functional groups attached to an aromatic ring is 1. The first-order valence-corrected chi connectivity index (χ1v) is 15.5. The van der Waals surface area contributed by atoms with Crippen LogP contribution >= 0.6 is 0 Å². The lowest BCUT2D eigenvalue weighted by atomic mass is 9.65. The van der Waals surface area contributed by atoms with Crippen LogP contribution in [0.1, 0.15) is 56.0 Å². The lowest BCUT2D eigenvalue weighted by Crippen LogP contribution is -2.43. The minimum atomic E-state index is -1.95. The van der Waals surface area contributed by atoms with Gasteiger partial charge in [0, 0.05) is 54.1 Å². The Bertz CT molecular complexity index is 1170. The Morgan fingerprint density at radius 3 is 2.56 bits per heavy atom. The average Bonchev–Trinajstić information content (AvgIpc) is 3.18. The number of aromatic nitrogens is 1. The molecule has 0 atom stereocenters. The summed E-state index contributed by atoms with van der Waals surface area (Å²) in [5.74, 6) is 0.272. The van der Waals surface area contributed by atoms with E-state index in [2.05, 4.69) is 44.2 Å². The monoisotopic (exact) mass is 514 g/mol. The molecule has 2 aliphatic rings. The molecule has 1 aromatic heterocycles. The molecule has 1 aliphatic carbocycles. The minimum absolute atomic E-state index is 0.0169. The Balaban J connectivity index is 1.63. The number of anilines is 2. The molecule has 196 valence electrons. The van der Waals surface area contributed by atoms with Gasteiger partial charge < -0.3 is 25.1 Å². The molecule has 36 heavy (non-hydrogen) atoms. The summed E-state index contributed by atoms with van der Waals surface area (Å²) in [6.07, 6.45) is 4.85. The summed E-state index contributed by atoms with van der Waals surface area (Å²) in [7, 11) is 1.29. The van der Waals surface area contributed by atoms with Crippen molar-refractivity contribution in [1.29, 1.82) is 0 Å². The summed E-state index contributed by atoms with van der Waals surface area (Å²) in [6.45, 7) is 12.4. The van der Waals surface area contributed by atoms with Gasteiger partial charge in [-0.1, -0.05) is 27.2 Å². The molecular formula is C27H39FN4O3Si. The fraction of sp³-hybridized carbons (Fsp3) is 0.556. The molecule has 1 spiro atoms. The maximum atomic E-state index is 16.0. The van der Waals surface area contributed by atoms with Gasteiger partial charge in [0.15, 0.2) is 8.32 Å². The van der Waals surface area contributed by atoms with Gasteiger partial charge in [-0.05, 0) is 43.1 Å². The number of hydrogen-bond donors (Lipinski definition) is 2. The van der Waals surface area contributed by atoms with Gasteiger partial charge in [-0.15, -0.1) is 0 Å². The molecule has 4 rings (SSSR count). The summed E-state index contributed by atoms with van der Waals surface area (Å²) < 4.78 is 28.0. The topological polar surface area (TPSA) is 89.7 Å². The van der Waals surface area contributed by atoms with Crippen LogP contribution < -0.4 is 15.8 Å². The van der Waals surface area contributed by atoms with E-state index in [1.807, 2.05) is 0 Å². The maximum absolute atomic E-state index is 16.0. The summed E-state index contributed by atoms with van der Waals surface area (Å²) in [4.78, 5) is 19.4. The van der Waals surface area contributed by atoms with E-state index in [9.17, 15) is 4.79 Å². The van der Waals surface area contributed by atoms with E-state index >= 15 is 4.39 Å². The van der Waals surface area contributed by atoms with E-state index in [1.54, 1.807) is 32.5 Å². The number of nitrogens with zero attached hydrogens (tertiary/aromatic N) is 2. The molecule has 3 N–H and O–H groups in total. The van der Waals surface area contributed by atoms with E-state index in [1.165, 1.54) is 4.90 Å². The summed E-state index contributed by atoms with van der Waals surface area (Å²) in [5, 5.41) is 3.45. The second-order valence-corrected chi connectivity index (χ2v) is 16.5. The molecule has 0 bridgehead atoms. The van der Waals surface area contributed by atoms with Crippen LogP contribution in [0.2, 0.25) is 18.1 Å². The summed E-state index contributed by atoms with van der Waals surface area (Å²) in [5.41, 5.74) is 7.87. The van der Waals surface area contributed by atoms with Crippen molar-refractivity contribution in [2.24, 2.45) is 0 Å². The molecule has 0 saturated heterocycles. The van der Waals surface area contributed by atoms with Crippen LogP contribution in [0.4, 0.5) is 15.9 Å². The highest BCUT2D eigenvalue weighted by atomic mass is 28.4. The zero-order valence-corrected chi connectivity index (χ0v) is 23.5. The molecule has 9 heteroatoms. The second-order valence-electron chi connectivity index (χ2n) is 11.6. The van der Waals surface area contributed by atoms with Crippen molar-refractivity contribution < 1.29 is 18.3 Å². The smallest absolute Gasteiger partial charge is 0.258 e. The van der Waals surface area contributed by atoms with Gasteiger partial charge in [-0.25, -0.2) is 9.37 Å². The Morgan fingerprint density at radius 2 is 1.97 bits per heavy atom. The number of ether oxygens (including phenoxy) is 1. The first-order chi connectivity index (χ1) is 16.8. The van der Waals surface area contributed by atoms with Crippen LogP contribution in [0.3, 0.4) is 0 Å². The zero-order valence-electron chi connectivity index (χ0n) is 22.5. The largest absolute Gasteiger partial charge is 0.496 e. The van der Waals surface area contributed by atoms with Crippen molar-refractivity contribution in [3.05, 3.63) is 35.3 Å². The molecule has 1 aromatic carbocycles. The van der Waals surface area contributed by atoms with Crippen LogP contribution in [0.15, 0.2) is 18.3 Å². The SMILES string of the molecule is COc1c(-c2ccc(N)c(C(=O)N(C)CCO[Si](C)(C)C(C)(C)C)c2F)cnc2c1C1(CCC1)CN2. The average molecular weight is 515 g/mol. The number of rotatable bonds is 7. The fourth-order valence-corrected chi connectivity index (χ4v) is 5.89. The highest BCUT2D eigenvalue weighted by Crippen LogP contribution is 2.55. The van der Waals surface area contributed by atoms with Crippen molar-refractivity contribution in [2.75, 3.05) is 44.9 Å². The lowest BCUT2D eigenvalue weighted by Gasteiger charge is -2.38. The van der Waals surface area contributed by atoms with Gasteiger partial charge in [-0.3, -0.25) is 4.79 Å². The Kier molecular flexibility index (Phi) is 6.85. The van der Waals surface area contributed by atoms with Gasteiger partial charge in [0.2, 0.25) is 0 Å². The van der Waals surface area contributed by atoms with Crippen LogP contribution in [0, 0.1) is 5.82 Å². The number of carbonyl (C=O) groups excluding carboxylic acids is 1. The molecule has 7 nitrogen and oxygen atoms in total. The Labute approximate surface area is 214 Å². The van der Waals surface area contributed by atoms with Gasteiger partial charge >= 0.3 is 0 Å². The molecular weight excluding hydrogens is 475 g/mol. The van der Waals surface area contributed by atoms with Gasteiger partial charge in [-0.2, -0.15) is 0 Å². The first kappa shape index (κ1) is 26.4. The van der Waals surface area contributed by atoms with E-state index in [0.717, 1.165) is 37.2 Å². The number of nitrogens with two attached hydrogens (primary N) is 1. The van der Waals surface area contributed by atoms with Crippen molar-refractivity contribution >= 4 is 25.7 Å². The molecule has 0 unspecified atom stereocenters. The van der Waals surface area contributed by atoms with Crippen molar-refractivity contribution in [1.82, 2.24) is 9.88 Å². The third kappa shape index (κ3) is 4.36. The van der Waals surface area contributed by atoms with Crippen LogP contribution in [0.5, 0.6) is 5.75 Å². The predicted molar refractivity (Wildman–Crippen MR) is 145 cm³/mol. The molecule has 1 fully saturated rings. The van der Waals surface area contributed by atoms with Gasteiger partial charge in [0.1, 0.15) is 17.4 Å². The second kappa shape index (κ2) is 9.34.